The molecule has 0 radical (unpaired) electrons. The topological polar surface area (TPSA) is 46.6 Å². The molecule has 0 aliphatic carbocycles. The van der Waals surface area contributed by atoms with Gasteiger partial charge in [-0.15, -0.1) is 11.8 Å². The Balaban J connectivity index is 2.19. The van der Waals surface area contributed by atoms with E-state index in [9.17, 15) is 9.59 Å². The van der Waals surface area contributed by atoms with Crippen molar-refractivity contribution in [2.45, 2.75) is 52.0 Å². The van der Waals surface area contributed by atoms with Crippen molar-refractivity contribution in [3.8, 4) is 0 Å². The number of thioether (sulfide) groups is 1. The maximum atomic E-state index is 13.0. The summed E-state index contributed by atoms with van der Waals surface area (Å²) in [6, 6.07) is 7.02. The second-order valence-corrected chi connectivity index (χ2v) is 7.73. The van der Waals surface area contributed by atoms with Gasteiger partial charge >= 0.3 is 5.97 Å². The van der Waals surface area contributed by atoms with Crippen LogP contribution < -0.4 is 0 Å². The molecular formula is C19H27NO3S. The first-order chi connectivity index (χ1) is 11.5. The van der Waals surface area contributed by atoms with E-state index in [1.807, 2.05) is 31.2 Å². The highest BCUT2D eigenvalue weighted by Gasteiger charge is 2.43. The summed E-state index contributed by atoms with van der Waals surface area (Å²) in [6.07, 6.45) is 1.83. The molecular weight excluding hydrogens is 322 g/mol. The van der Waals surface area contributed by atoms with Crippen molar-refractivity contribution >= 4 is 23.6 Å². The maximum Gasteiger partial charge on any atom is 0.329 e. The highest BCUT2D eigenvalue weighted by molar-refractivity contribution is 8.00. The van der Waals surface area contributed by atoms with Gasteiger partial charge in [0.25, 0.3) is 5.91 Å². The van der Waals surface area contributed by atoms with E-state index in [0.717, 1.165) is 18.4 Å². The van der Waals surface area contributed by atoms with E-state index in [2.05, 4.69) is 20.8 Å². The third kappa shape index (κ3) is 4.32. The number of aryl methyl sites for hydroxylation is 1. The highest BCUT2D eigenvalue weighted by Crippen LogP contribution is 2.35. The minimum absolute atomic E-state index is 0.00234. The minimum Gasteiger partial charge on any atom is -0.464 e. The third-order valence-electron chi connectivity index (χ3n) is 4.15. The number of unbranched alkanes of at least 4 members (excludes halogenated alkanes) is 1. The van der Waals surface area contributed by atoms with Gasteiger partial charge in [-0.25, -0.2) is 4.79 Å². The van der Waals surface area contributed by atoms with Gasteiger partial charge in [-0.2, -0.15) is 0 Å². The molecule has 0 N–H and O–H groups in total. The molecule has 132 valence electrons. The Kier molecular flexibility index (Phi) is 6.72. The zero-order chi connectivity index (χ0) is 17.7. The Hall–Kier alpha value is -1.49. The first-order valence-corrected chi connectivity index (χ1v) is 9.68. The van der Waals surface area contributed by atoms with Crippen molar-refractivity contribution in [3.05, 3.63) is 35.4 Å². The van der Waals surface area contributed by atoms with Crippen LogP contribution in [0.3, 0.4) is 0 Å². The second-order valence-electron chi connectivity index (χ2n) is 6.58. The first kappa shape index (κ1) is 18.8. The third-order valence-corrected chi connectivity index (χ3v) is 5.77. The van der Waals surface area contributed by atoms with E-state index in [1.54, 1.807) is 16.7 Å². The number of amides is 1. The number of hydrogen-bond donors (Lipinski definition) is 0. The average molecular weight is 349 g/mol. The van der Waals surface area contributed by atoms with Crippen molar-refractivity contribution in [2.75, 3.05) is 12.4 Å². The molecule has 1 fully saturated rings. The molecule has 0 saturated carbocycles. The monoisotopic (exact) mass is 349 g/mol. The molecule has 0 bridgehead atoms. The van der Waals surface area contributed by atoms with Gasteiger partial charge < -0.3 is 9.64 Å². The number of carbonyl (C=O) groups is 2. The average Bonchev–Trinajstić information content (AvgIpc) is 3.00. The predicted octanol–water partition coefficient (Wildman–Crippen LogP) is 3.88. The molecule has 1 heterocycles. The van der Waals surface area contributed by atoms with Crippen LogP contribution in [0.4, 0.5) is 0 Å². The number of benzene rings is 1. The van der Waals surface area contributed by atoms with Crippen LogP contribution in [-0.4, -0.2) is 40.6 Å². The van der Waals surface area contributed by atoms with Crippen LogP contribution >= 0.6 is 11.8 Å². The lowest BCUT2D eigenvalue weighted by atomic mass is 10.1. The van der Waals surface area contributed by atoms with Gasteiger partial charge in [0.05, 0.1) is 12.0 Å². The smallest absolute Gasteiger partial charge is 0.329 e. The van der Waals surface area contributed by atoms with Gasteiger partial charge in [0.15, 0.2) is 0 Å². The second kappa shape index (κ2) is 8.56. The van der Waals surface area contributed by atoms with Gasteiger partial charge in [0, 0.05) is 11.3 Å². The van der Waals surface area contributed by atoms with Crippen molar-refractivity contribution in [1.29, 1.82) is 0 Å². The van der Waals surface area contributed by atoms with Gasteiger partial charge in [0.2, 0.25) is 0 Å². The van der Waals surface area contributed by atoms with Crippen molar-refractivity contribution in [3.63, 3.8) is 0 Å². The summed E-state index contributed by atoms with van der Waals surface area (Å²) in [6.45, 7) is 8.64. The normalized spacial score (nSPS) is 20.5. The van der Waals surface area contributed by atoms with Gasteiger partial charge in [0.1, 0.15) is 6.04 Å². The molecule has 5 heteroatoms. The lowest BCUT2D eigenvalue weighted by molar-refractivity contribution is -0.148. The van der Waals surface area contributed by atoms with Crippen LogP contribution in [0.25, 0.3) is 0 Å². The molecule has 1 aliphatic rings. The summed E-state index contributed by atoms with van der Waals surface area (Å²) in [5.41, 5.74) is 1.73. The molecule has 1 saturated heterocycles. The molecule has 1 aromatic rings. The summed E-state index contributed by atoms with van der Waals surface area (Å²) in [5, 5.41) is 0.00234. The number of esters is 1. The summed E-state index contributed by atoms with van der Waals surface area (Å²) in [4.78, 5) is 27.2. The van der Waals surface area contributed by atoms with Crippen LogP contribution in [0.5, 0.6) is 0 Å². The van der Waals surface area contributed by atoms with Crippen LogP contribution in [0.2, 0.25) is 0 Å². The highest BCUT2D eigenvalue weighted by atomic mass is 32.2. The van der Waals surface area contributed by atoms with E-state index < -0.39 is 6.04 Å². The fraction of sp³-hybridized carbons (Fsp3) is 0.579. The molecule has 0 aromatic heterocycles. The molecule has 2 atom stereocenters. The molecule has 1 aromatic carbocycles. The van der Waals surface area contributed by atoms with Gasteiger partial charge in [-0.05, 0) is 31.4 Å². The largest absolute Gasteiger partial charge is 0.464 e. The fourth-order valence-electron chi connectivity index (χ4n) is 2.74. The molecule has 24 heavy (non-hydrogen) atoms. The fourth-order valence-corrected chi connectivity index (χ4v) is 4.20. The number of ether oxygens (including phenoxy) is 1. The summed E-state index contributed by atoms with van der Waals surface area (Å²) in [7, 11) is 0. The molecule has 0 spiro atoms. The predicted molar refractivity (Wildman–Crippen MR) is 98.1 cm³/mol. The zero-order valence-corrected chi connectivity index (χ0v) is 15.8. The van der Waals surface area contributed by atoms with Crippen molar-refractivity contribution in [2.24, 2.45) is 5.92 Å². The Labute approximate surface area is 148 Å². The zero-order valence-electron chi connectivity index (χ0n) is 15.0. The first-order valence-electron chi connectivity index (χ1n) is 8.63. The molecule has 4 nitrogen and oxygen atoms in total. The summed E-state index contributed by atoms with van der Waals surface area (Å²) in [5.74, 6) is 0.513. The van der Waals surface area contributed by atoms with E-state index in [0.29, 0.717) is 17.9 Å². The van der Waals surface area contributed by atoms with Gasteiger partial charge in [-0.3, -0.25) is 4.79 Å². The van der Waals surface area contributed by atoms with E-state index >= 15 is 0 Å². The summed E-state index contributed by atoms with van der Waals surface area (Å²) < 4.78 is 5.38. The number of hydrogen-bond acceptors (Lipinski definition) is 4. The quantitative estimate of drug-likeness (QED) is 0.578. The number of nitrogens with zero attached hydrogens (tertiary/aromatic N) is 1. The maximum absolute atomic E-state index is 13.0. The molecule has 0 unspecified atom stereocenters. The van der Waals surface area contributed by atoms with E-state index in [1.165, 1.54) is 0 Å². The Morgan fingerprint density at radius 3 is 2.54 bits per heavy atom. The lowest BCUT2D eigenvalue weighted by Gasteiger charge is -2.30. The SMILES string of the molecule is CCCCOC(=O)[C@H]1CS[C@@H](C(C)C)N1C(=O)c1ccc(C)cc1. The Morgan fingerprint density at radius 2 is 1.96 bits per heavy atom. The van der Waals surface area contributed by atoms with E-state index in [-0.39, 0.29) is 23.2 Å². The van der Waals surface area contributed by atoms with Crippen molar-refractivity contribution in [1.82, 2.24) is 4.90 Å². The van der Waals surface area contributed by atoms with Crippen molar-refractivity contribution < 1.29 is 14.3 Å². The standard InChI is InChI=1S/C19H27NO3S/c1-5-6-11-23-19(22)16-12-24-18(13(2)3)20(16)17(21)15-9-7-14(4)8-10-15/h7-10,13,16,18H,5-6,11-12H2,1-4H3/t16-,18+/m1/s1. The van der Waals surface area contributed by atoms with E-state index in [4.69, 9.17) is 4.74 Å². The number of rotatable bonds is 6. The van der Waals surface area contributed by atoms with Crippen LogP contribution in [0.15, 0.2) is 24.3 Å². The van der Waals surface area contributed by atoms with Crippen LogP contribution in [-0.2, 0) is 9.53 Å². The number of carbonyl (C=O) groups excluding carboxylic acids is 2. The molecule has 1 aliphatic heterocycles. The summed E-state index contributed by atoms with van der Waals surface area (Å²) >= 11 is 1.66. The lowest BCUT2D eigenvalue weighted by Crippen LogP contribution is -2.47. The van der Waals surface area contributed by atoms with Crippen LogP contribution in [0.1, 0.15) is 49.5 Å². The minimum atomic E-state index is -0.493. The molecule has 2 rings (SSSR count). The molecule has 1 amide bonds. The van der Waals surface area contributed by atoms with Crippen LogP contribution in [0, 0.1) is 12.8 Å². The van der Waals surface area contributed by atoms with Gasteiger partial charge in [-0.1, -0.05) is 44.9 Å². The Bertz CT molecular complexity index is 570. The Morgan fingerprint density at radius 1 is 1.29 bits per heavy atom.